The SMILES string of the molecule is CC1CCCC(C)N1NC(=O)c1ccc(C#CCN)cn1. The molecule has 3 N–H and O–H groups in total. The van der Waals surface area contributed by atoms with Crippen molar-refractivity contribution in [3.8, 4) is 11.8 Å². The van der Waals surface area contributed by atoms with Crippen molar-refractivity contribution < 1.29 is 4.79 Å². The van der Waals surface area contributed by atoms with Gasteiger partial charge in [-0.1, -0.05) is 18.3 Å². The van der Waals surface area contributed by atoms with Crippen molar-refractivity contribution in [3.05, 3.63) is 29.6 Å². The summed E-state index contributed by atoms with van der Waals surface area (Å²) in [7, 11) is 0. The van der Waals surface area contributed by atoms with E-state index in [1.54, 1.807) is 18.3 Å². The van der Waals surface area contributed by atoms with Crippen LogP contribution in [0.3, 0.4) is 0 Å². The smallest absolute Gasteiger partial charge is 0.284 e. The molecule has 1 aliphatic rings. The monoisotopic (exact) mass is 286 g/mol. The molecule has 1 saturated heterocycles. The Morgan fingerprint density at radius 3 is 2.71 bits per heavy atom. The minimum atomic E-state index is -0.172. The van der Waals surface area contributed by atoms with Crippen molar-refractivity contribution in [3.63, 3.8) is 0 Å². The quantitative estimate of drug-likeness (QED) is 0.804. The van der Waals surface area contributed by atoms with Gasteiger partial charge in [0.25, 0.3) is 5.91 Å². The fourth-order valence-electron chi connectivity index (χ4n) is 2.57. The van der Waals surface area contributed by atoms with Crippen molar-refractivity contribution in [1.82, 2.24) is 15.4 Å². The molecule has 1 amide bonds. The Hall–Kier alpha value is -1.90. The van der Waals surface area contributed by atoms with Crippen LogP contribution in [0.5, 0.6) is 0 Å². The van der Waals surface area contributed by atoms with Crippen molar-refractivity contribution >= 4 is 5.91 Å². The highest BCUT2D eigenvalue weighted by molar-refractivity contribution is 5.91. The molecular formula is C16H22N4O. The highest BCUT2D eigenvalue weighted by Gasteiger charge is 2.26. The normalized spacial score (nSPS) is 22.2. The molecule has 0 radical (unpaired) electrons. The minimum Gasteiger partial charge on any atom is -0.320 e. The molecule has 0 aliphatic carbocycles. The summed E-state index contributed by atoms with van der Waals surface area (Å²) in [4.78, 5) is 16.4. The fraction of sp³-hybridized carbons (Fsp3) is 0.500. The molecule has 0 bridgehead atoms. The number of piperidine rings is 1. The number of aromatic nitrogens is 1. The van der Waals surface area contributed by atoms with Gasteiger partial charge in [0, 0.05) is 23.8 Å². The largest absolute Gasteiger partial charge is 0.320 e. The number of hydrazine groups is 1. The topological polar surface area (TPSA) is 71.2 Å². The van der Waals surface area contributed by atoms with Crippen LogP contribution in [0.4, 0.5) is 0 Å². The summed E-state index contributed by atoms with van der Waals surface area (Å²) < 4.78 is 0. The molecule has 2 unspecified atom stereocenters. The first-order valence-corrected chi connectivity index (χ1v) is 7.36. The summed E-state index contributed by atoms with van der Waals surface area (Å²) in [5, 5.41) is 2.04. The van der Waals surface area contributed by atoms with Gasteiger partial charge in [-0.3, -0.25) is 10.2 Å². The fourth-order valence-corrected chi connectivity index (χ4v) is 2.57. The van der Waals surface area contributed by atoms with Gasteiger partial charge in [0.1, 0.15) is 5.69 Å². The molecule has 1 fully saturated rings. The Morgan fingerprint density at radius 1 is 1.43 bits per heavy atom. The van der Waals surface area contributed by atoms with E-state index in [9.17, 15) is 4.79 Å². The Kier molecular flexibility index (Phi) is 5.32. The molecule has 1 aromatic heterocycles. The van der Waals surface area contributed by atoms with Gasteiger partial charge >= 0.3 is 0 Å². The summed E-state index contributed by atoms with van der Waals surface area (Å²) in [5.41, 5.74) is 9.46. The summed E-state index contributed by atoms with van der Waals surface area (Å²) in [5.74, 6) is 5.47. The Morgan fingerprint density at radius 2 is 2.14 bits per heavy atom. The van der Waals surface area contributed by atoms with E-state index in [2.05, 4.69) is 36.1 Å². The second-order valence-electron chi connectivity index (χ2n) is 5.42. The molecule has 21 heavy (non-hydrogen) atoms. The number of pyridine rings is 1. The number of hydrogen-bond donors (Lipinski definition) is 2. The predicted octanol–water partition coefficient (Wildman–Crippen LogP) is 1.30. The molecule has 2 heterocycles. The second-order valence-corrected chi connectivity index (χ2v) is 5.42. The zero-order valence-electron chi connectivity index (χ0n) is 12.6. The number of rotatable bonds is 2. The van der Waals surface area contributed by atoms with Crippen molar-refractivity contribution in [2.24, 2.45) is 5.73 Å². The summed E-state index contributed by atoms with van der Waals surface area (Å²) >= 11 is 0. The van der Waals surface area contributed by atoms with E-state index in [4.69, 9.17) is 5.73 Å². The molecule has 1 aromatic rings. The number of nitrogens with zero attached hydrogens (tertiary/aromatic N) is 2. The maximum absolute atomic E-state index is 12.3. The van der Waals surface area contributed by atoms with Crippen molar-refractivity contribution in [1.29, 1.82) is 0 Å². The van der Waals surface area contributed by atoms with Gasteiger partial charge in [0.05, 0.1) is 6.54 Å². The molecule has 1 aliphatic heterocycles. The number of carbonyl (C=O) groups excluding carboxylic acids is 1. The van der Waals surface area contributed by atoms with E-state index >= 15 is 0 Å². The van der Waals surface area contributed by atoms with Gasteiger partial charge in [0.15, 0.2) is 0 Å². The maximum Gasteiger partial charge on any atom is 0.284 e. The van der Waals surface area contributed by atoms with Crippen LogP contribution in [0, 0.1) is 11.8 Å². The summed E-state index contributed by atoms with van der Waals surface area (Å²) in [6, 6.07) is 4.18. The summed E-state index contributed by atoms with van der Waals surface area (Å²) in [6.07, 6.45) is 5.01. The van der Waals surface area contributed by atoms with Gasteiger partial charge in [-0.15, -0.1) is 0 Å². The lowest BCUT2D eigenvalue weighted by Gasteiger charge is -2.38. The number of nitrogens with one attached hydrogen (secondary N) is 1. The average molecular weight is 286 g/mol. The van der Waals surface area contributed by atoms with Crippen LogP contribution < -0.4 is 11.2 Å². The molecular weight excluding hydrogens is 264 g/mol. The highest BCUT2D eigenvalue weighted by atomic mass is 16.2. The molecule has 2 atom stereocenters. The van der Waals surface area contributed by atoms with E-state index in [0.717, 1.165) is 18.4 Å². The van der Waals surface area contributed by atoms with E-state index in [0.29, 0.717) is 24.3 Å². The van der Waals surface area contributed by atoms with E-state index in [-0.39, 0.29) is 5.91 Å². The van der Waals surface area contributed by atoms with E-state index in [1.165, 1.54) is 6.42 Å². The first-order valence-electron chi connectivity index (χ1n) is 7.36. The predicted molar refractivity (Wildman–Crippen MR) is 82.2 cm³/mol. The zero-order valence-corrected chi connectivity index (χ0v) is 12.6. The molecule has 0 aromatic carbocycles. The maximum atomic E-state index is 12.3. The van der Waals surface area contributed by atoms with Gasteiger partial charge in [-0.2, -0.15) is 0 Å². The van der Waals surface area contributed by atoms with Crippen LogP contribution in [-0.2, 0) is 0 Å². The van der Waals surface area contributed by atoms with Crippen LogP contribution in [0.2, 0.25) is 0 Å². The van der Waals surface area contributed by atoms with Crippen molar-refractivity contribution in [2.45, 2.75) is 45.2 Å². The molecule has 0 spiro atoms. The summed E-state index contributed by atoms with van der Waals surface area (Å²) in [6.45, 7) is 4.58. The van der Waals surface area contributed by atoms with Crippen molar-refractivity contribution in [2.75, 3.05) is 6.54 Å². The van der Waals surface area contributed by atoms with Gasteiger partial charge < -0.3 is 5.73 Å². The molecule has 0 saturated carbocycles. The first kappa shape index (κ1) is 15.5. The number of amides is 1. The van der Waals surface area contributed by atoms with Gasteiger partial charge in [0.2, 0.25) is 0 Å². The van der Waals surface area contributed by atoms with Crippen LogP contribution in [0.25, 0.3) is 0 Å². The zero-order chi connectivity index (χ0) is 15.2. The third-order valence-electron chi connectivity index (χ3n) is 3.76. The van der Waals surface area contributed by atoms with Gasteiger partial charge in [-0.05, 0) is 38.8 Å². The molecule has 112 valence electrons. The van der Waals surface area contributed by atoms with E-state index in [1.807, 2.05) is 5.01 Å². The molecule has 5 nitrogen and oxygen atoms in total. The van der Waals surface area contributed by atoms with E-state index < -0.39 is 0 Å². The van der Waals surface area contributed by atoms with Gasteiger partial charge in [-0.25, -0.2) is 9.99 Å². The Balaban J connectivity index is 2.02. The lowest BCUT2D eigenvalue weighted by Crippen LogP contribution is -2.54. The van der Waals surface area contributed by atoms with Crippen LogP contribution in [-0.4, -0.2) is 34.5 Å². The number of carbonyl (C=O) groups is 1. The van der Waals surface area contributed by atoms with Crippen LogP contribution >= 0.6 is 0 Å². The lowest BCUT2D eigenvalue weighted by molar-refractivity contribution is 0.0366. The standard InChI is InChI=1S/C16H22N4O/c1-12-5-3-6-13(2)20(12)19-16(21)15-9-8-14(11-18-15)7-4-10-17/h8-9,11-13H,3,5-6,10,17H2,1-2H3,(H,19,21). The Labute approximate surface area is 125 Å². The van der Waals surface area contributed by atoms with Crippen LogP contribution in [0.1, 0.15) is 49.2 Å². The number of nitrogens with two attached hydrogens (primary N) is 1. The third kappa shape index (κ3) is 4.03. The van der Waals surface area contributed by atoms with Crippen LogP contribution in [0.15, 0.2) is 18.3 Å². The average Bonchev–Trinajstić information content (AvgIpc) is 2.49. The third-order valence-corrected chi connectivity index (χ3v) is 3.76. The Bertz CT molecular complexity index is 534. The second kappa shape index (κ2) is 7.21. The minimum absolute atomic E-state index is 0.172. The first-order chi connectivity index (χ1) is 10.1. The molecule has 5 heteroatoms. The molecule has 2 rings (SSSR count). The number of hydrogen-bond acceptors (Lipinski definition) is 4. The highest BCUT2D eigenvalue weighted by Crippen LogP contribution is 2.20. The lowest BCUT2D eigenvalue weighted by atomic mass is 10.00.